The van der Waals surface area contributed by atoms with Gasteiger partial charge in [0.2, 0.25) is 0 Å². The fraction of sp³-hybridized carbons (Fsp3) is 1.00. The monoisotopic (exact) mass is 229 g/mol. The van der Waals surface area contributed by atoms with Crippen molar-refractivity contribution in [3.05, 3.63) is 0 Å². The maximum Gasteiger partial charge on any atom is 0.0678 e. The number of hydrogen-bond acceptors (Lipinski definition) is 3. The first kappa shape index (κ1) is 13.9. The molecule has 2 unspecified atom stereocenters. The maximum atomic E-state index is 9.26. The fourth-order valence-corrected chi connectivity index (χ4v) is 2.43. The summed E-state index contributed by atoms with van der Waals surface area (Å²) in [6.07, 6.45) is 3.08. The number of hydrogen-bond donors (Lipinski definition) is 1. The molecule has 0 radical (unpaired) electrons. The van der Waals surface area contributed by atoms with Crippen LogP contribution >= 0.6 is 0 Å². The topological polar surface area (TPSA) is 32.7 Å². The van der Waals surface area contributed by atoms with Crippen molar-refractivity contribution in [3.8, 4) is 0 Å². The number of rotatable bonds is 3. The summed E-state index contributed by atoms with van der Waals surface area (Å²) in [5.41, 5.74) is 0.247. The van der Waals surface area contributed by atoms with Crippen molar-refractivity contribution in [2.24, 2.45) is 5.41 Å². The average molecular weight is 229 g/mol. The summed E-state index contributed by atoms with van der Waals surface area (Å²) in [4.78, 5) is 2.45. The summed E-state index contributed by atoms with van der Waals surface area (Å²) < 4.78 is 5.68. The first-order chi connectivity index (χ1) is 7.63. The van der Waals surface area contributed by atoms with Crippen molar-refractivity contribution in [1.29, 1.82) is 0 Å². The zero-order valence-electron chi connectivity index (χ0n) is 11.2. The van der Waals surface area contributed by atoms with Gasteiger partial charge in [0.25, 0.3) is 0 Å². The third-order valence-corrected chi connectivity index (χ3v) is 3.35. The summed E-state index contributed by atoms with van der Waals surface area (Å²) in [5.74, 6) is 0. The van der Waals surface area contributed by atoms with Crippen molar-refractivity contribution in [2.75, 3.05) is 26.2 Å². The van der Waals surface area contributed by atoms with Gasteiger partial charge in [-0.05, 0) is 26.7 Å². The van der Waals surface area contributed by atoms with E-state index in [4.69, 9.17) is 4.74 Å². The third-order valence-electron chi connectivity index (χ3n) is 3.35. The Morgan fingerprint density at radius 1 is 1.19 bits per heavy atom. The zero-order chi connectivity index (χ0) is 12.2. The minimum atomic E-state index is 0.247. The van der Waals surface area contributed by atoms with Gasteiger partial charge in [0.1, 0.15) is 0 Å². The number of aliphatic hydroxyl groups is 1. The van der Waals surface area contributed by atoms with Crippen LogP contribution in [0.4, 0.5) is 0 Å². The molecule has 2 fully saturated rings. The summed E-state index contributed by atoms with van der Waals surface area (Å²) in [6, 6.07) is 0. The van der Waals surface area contributed by atoms with E-state index in [1.165, 1.54) is 12.8 Å². The molecular weight excluding hydrogens is 202 g/mol. The molecule has 1 aliphatic heterocycles. The Morgan fingerprint density at radius 3 is 2.06 bits per heavy atom. The molecule has 0 spiro atoms. The fourth-order valence-electron chi connectivity index (χ4n) is 2.43. The van der Waals surface area contributed by atoms with Gasteiger partial charge >= 0.3 is 0 Å². The molecule has 1 N–H and O–H groups in total. The van der Waals surface area contributed by atoms with E-state index in [-0.39, 0.29) is 5.41 Å². The Morgan fingerprint density at radius 2 is 1.69 bits per heavy atom. The molecule has 0 aromatic rings. The molecule has 0 aromatic carbocycles. The van der Waals surface area contributed by atoms with Crippen LogP contribution in [0.15, 0.2) is 0 Å². The van der Waals surface area contributed by atoms with Crippen LogP contribution < -0.4 is 0 Å². The molecular formula is C13H27NO2. The summed E-state index contributed by atoms with van der Waals surface area (Å²) >= 11 is 0. The lowest BCUT2D eigenvalue weighted by atomic mass is 10.1. The molecule has 3 nitrogen and oxygen atoms in total. The van der Waals surface area contributed by atoms with E-state index < -0.39 is 0 Å². The van der Waals surface area contributed by atoms with Gasteiger partial charge in [-0.2, -0.15) is 0 Å². The Balaban J connectivity index is 0.000000606. The molecule has 2 atom stereocenters. The molecule has 2 aliphatic rings. The molecule has 1 saturated carbocycles. The first-order valence-electron chi connectivity index (χ1n) is 6.62. The molecule has 2 rings (SSSR count). The predicted octanol–water partition coefficient (Wildman–Crippen LogP) is 1.89. The van der Waals surface area contributed by atoms with E-state index in [0.717, 1.165) is 19.6 Å². The van der Waals surface area contributed by atoms with Gasteiger partial charge in [0, 0.05) is 31.7 Å². The largest absolute Gasteiger partial charge is 0.396 e. The standard InChI is InChI=1S/C11H21NO2.C2H6/c1-9-5-12(6-10(2)14-9)7-11(8-13)3-4-11;1-2/h9-10,13H,3-8H2,1-2H3;1-2H3. The summed E-state index contributed by atoms with van der Waals surface area (Å²) in [7, 11) is 0. The van der Waals surface area contributed by atoms with Gasteiger partial charge in [-0.15, -0.1) is 0 Å². The SMILES string of the molecule is CC.CC1CN(CC2(CO)CC2)CC(C)O1. The first-order valence-corrected chi connectivity index (χ1v) is 6.62. The highest BCUT2D eigenvalue weighted by molar-refractivity contribution is 4.95. The average Bonchev–Trinajstić information content (AvgIpc) is 3.00. The van der Waals surface area contributed by atoms with Crippen LogP contribution in [0, 0.1) is 5.41 Å². The van der Waals surface area contributed by atoms with Gasteiger partial charge in [0.05, 0.1) is 12.2 Å². The molecule has 16 heavy (non-hydrogen) atoms. The van der Waals surface area contributed by atoms with E-state index >= 15 is 0 Å². The predicted molar refractivity (Wildman–Crippen MR) is 66.5 cm³/mol. The van der Waals surface area contributed by atoms with Crippen LogP contribution in [0.1, 0.15) is 40.5 Å². The Hall–Kier alpha value is -0.120. The smallest absolute Gasteiger partial charge is 0.0678 e. The number of nitrogens with zero attached hydrogens (tertiary/aromatic N) is 1. The maximum absolute atomic E-state index is 9.26. The van der Waals surface area contributed by atoms with Crippen LogP contribution in [-0.4, -0.2) is 48.5 Å². The number of morpholine rings is 1. The number of ether oxygens (including phenoxy) is 1. The highest BCUT2D eigenvalue weighted by Gasteiger charge is 2.44. The lowest BCUT2D eigenvalue weighted by Crippen LogP contribution is -2.47. The molecule has 96 valence electrons. The summed E-state index contributed by atoms with van der Waals surface area (Å²) in [6.45, 7) is 11.7. The zero-order valence-corrected chi connectivity index (χ0v) is 11.2. The number of aliphatic hydroxyl groups excluding tert-OH is 1. The Labute approximate surface area is 99.8 Å². The van der Waals surface area contributed by atoms with E-state index in [2.05, 4.69) is 18.7 Å². The minimum absolute atomic E-state index is 0.247. The van der Waals surface area contributed by atoms with Gasteiger partial charge < -0.3 is 9.84 Å². The van der Waals surface area contributed by atoms with E-state index in [1.54, 1.807) is 0 Å². The molecule has 1 saturated heterocycles. The van der Waals surface area contributed by atoms with Gasteiger partial charge in [-0.3, -0.25) is 4.90 Å². The van der Waals surface area contributed by atoms with Crippen molar-refractivity contribution in [1.82, 2.24) is 4.90 Å². The normalized spacial score (nSPS) is 32.8. The van der Waals surface area contributed by atoms with E-state index in [9.17, 15) is 5.11 Å². The molecule has 0 bridgehead atoms. The highest BCUT2D eigenvalue weighted by Crippen LogP contribution is 2.45. The van der Waals surface area contributed by atoms with Gasteiger partial charge in [-0.1, -0.05) is 13.8 Å². The molecule has 1 heterocycles. The van der Waals surface area contributed by atoms with E-state index in [0.29, 0.717) is 18.8 Å². The molecule has 1 aliphatic carbocycles. The lowest BCUT2D eigenvalue weighted by Gasteiger charge is -2.37. The van der Waals surface area contributed by atoms with Crippen LogP contribution in [0.3, 0.4) is 0 Å². The quantitative estimate of drug-likeness (QED) is 0.802. The van der Waals surface area contributed by atoms with Crippen LogP contribution in [-0.2, 0) is 4.74 Å². The van der Waals surface area contributed by atoms with Crippen molar-refractivity contribution < 1.29 is 9.84 Å². The molecule has 0 aromatic heterocycles. The Bertz CT molecular complexity index is 194. The lowest BCUT2D eigenvalue weighted by molar-refractivity contribution is -0.0744. The van der Waals surface area contributed by atoms with Gasteiger partial charge in [0.15, 0.2) is 0 Å². The van der Waals surface area contributed by atoms with Crippen molar-refractivity contribution in [2.45, 2.75) is 52.7 Å². The van der Waals surface area contributed by atoms with Crippen LogP contribution in [0.2, 0.25) is 0 Å². The third kappa shape index (κ3) is 3.72. The van der Waals surface area contributed by atoms with Crippen LogP contribution in [0.25, 0.3) is 0 Å². The van der Waals surface area contributed by atoms with Crippen molar-refractivity contribution >= 4 is 0 Å². The molecule has 3 heteroatoms. The van der Waals surface area contributed by atoms with E-state index in [1.807, 2.05) is 13.8 Å². The van der Waals surface area contributed by atoms with Gasteiger partial charge in [-0.25, -0.2) is 0 Å². The van der Waals surface area contributed by atoms with Crippen LogP contribution in [0.5, 0.6) is 0 Å². The second-order valence-corrected chi connectivity index (χ2v) is 5.11. The summed E-state index contributed by atoms with van der Waals surface area (Å²) in [5, 5.41) is 9.26. The minimum Gasteiger partial charge on any atom is -0.396 e. The Kier molecular flexibility index (Phi) is 5.22. The highest BCUT2D eigenvalue weighted by atomic mass is 16.5. The second kappa shape index (κ2) is 5.99. The molecule has 0 amide bonds. The van der Waals surface area contributed by atoms with Crippen molar-refractivity contribution in [3.63, 3.8) is 0 Å². The second-order valence-electron chi connectivity index (χ2n) is 5.11.